The number of piperidine rings is 2. The van der Waals surface area contributed by atoms with Crippen molar-refractivity contribution in [2.45, 2.75) is 46.5 Å². The van der Waals surface area contributed by atoms with E-state index in [9.17, 15) is 9.59 Å². The number of anilines is 1. The molecular formula is C20H29N3O2. The van der Waals surface area contributed by atoms with Gasteiger partial charge < -0.3 is 15.1 Å². The first-order valence-electron chi connectivity index (χ1n) is 9.34. The van der Waals surface area contributed by atoms with Gasteiger partial charge in [0.2, 0.25) is 5.91 Å². The smallest absolute Gasteiger partial charge is 0.321 e. The Morgan fingerprint density at radius 2 is 1.80 bits per heavy atom. The Morgan fingerprint density at radius 3 is 2.40 bits per heavy atom. The van der Waals surface area contributed by atoms with Gasteiger partial charge in [-0.15, -0.1) is 0 Å². The molecule has 25 heavy (non-hydrogen) atoms. The first kappa shape index (κ1) is 17.8. The van der Waals surface area contributed by atoms with Crippen LogP contribution in [0.25, 0.3) is 0 Å². The van der Waals surface area contributed by atoms with E-state index >= 15 is 0 Å². The molecule has 5 heteroatoms. The van der Waals surface area contributed by atoms with Gasteiger partial charge in [0, 0.05) is 38.3 Å². The van der Waals surface area contributed by atoms with E-state index in [4.69, 9.17) is 0 Å². The summed E-state index contributed by atoms with van der Waals surface area (Å²) in [6, 6.07) is 6.04. The molecule has 0 aromatic heterocycles. The van der Waals surface area contributed by atoms with Gasteiger partial charge in [-0.25, -0.2) is 4.79 Å². The minimum Gasteiger partial charge on any atom is -0.342 e. The van der Waals surface area contributed by atoms with Gasteiger partial charge in [0.25, 0.3) is 0 Å². The molecule has 2 aliphatic rings. The molecule has 0 atom stereocenters. The highest BCUT2D eigenvalue weighted by atomic mass is 16.2. The third kappa shape index (κ3) is 3.65. The second-order valence-electron chi connectivity index (χ2n) is 7.59. The standard InChI is InChI=1S/C20H29N3O2/c1-4-22-14-20(9-8-17(22)24)10-12-23(13-11-20)19(25)21-18-15(2)6-5-7-16(18)3/h5-7H,4,8-14H2,1-3H3,(H,21,25). The largest absolute Gasteiger partial charge is 0.342 e. The van der Waals surface area contributed by atoms with E-state index < -0.39 is 0 Å². The van der Waals surface area contributed by atoms with Crippen molar-refractivity contribution in [1.82, 2.24) is 9.80 Å². The average molecular weight is 343 g/mol. The predicted molar refractivity (Wildman–Crippen MR) is 99.7 cm³/mol. The number of carbonyl (C=O) groups is 2. The highest BCUT2D eigenvalue weighted by molar-refractivity contribution is 5.91. The van der Waals surface area contributed by atoms with Crippen LogP contribution in [0, 0.1) is 19.3 Å². The number of rotatable bonds is 2. The lowest BCUT2D eigenvalue weighted by molar-refractivity contribution is -0.138. The molecule has 2 saturated heterocycles. The maximum absolute atomic E-state index is 12.7. The molecule has 1 spiro atoms. The number of nitrogens with one attached hydrogen (secondary N) is 1. The Morgan fingerprint density at radius 1 is 1.16 bits per heavy atom. The number of nitrogens with zero attached hydrogens (tertiary/aromatic N) is 2. The van der Waals surface area contributed by atoms with Crippen LogP contribution in [-0.2, 0) is 4.79 Å². The Labute approximate surface area is 150 Å². The van der Waals surface area contributed by atoms with E-state index in [2.05, 4.69) is 5.32 Å². The molecule has 3 rings (SSSR count). The molecule has 0 saturated carbocycles. The summed E-state index contributed by atoms with van der Waals surface area (Å²) in [4.78, 5) is 28.5. The summed E-state index contributed by atoms with van der Waals surface area (Å²) in [5, 5.41) is 3.09. The van der Waals surface area contributed by atoms with Crippen molar-refractivity contribution in [3.05, 3.63) is 29.3 Å². The number of aryl methyl sites for hydroxylation is 2. The van der Waals surface area contributed by atoms with Crippen LogP contribution < -0.4 is 5.32 Å². The highest BCUT2D eigenvalue weighted by Gasteiger charge is 2.41. The molecule has 0 bridgehead atoms. The van der Waals surface area contributed by atoms with Gasteiger partial charge in [-0.1, -0.05) is 18.2 Å². The lowest BCUT2D eigenvalue weighted by Crippen LogP contribution is -2.52. The van der Waals surface area contributed by atoms with Gasteiger partial charge in [0.1, 0.15) is 0 Å². The molecule has 2 aliphatic heterocycles. The maximum atomic E-state index is 12.7. The first-order valence-corrected chi connectivity index (χ1v) is 9.34. The Hall–Kier alpha value is -2.04. The minimum absolute atomic E-state index is 0.00789. The summed E-state index contributed by atoms with van der Waals surface area (Å²) in [6.45, 7) is 9.26. The van der Waals surface area contributed by atoms with Crippen LogP contribution in [0.1, 0.15) is 43.7 Å². The molecule has 2 fully saturated rings. The Bertz CT molecular complexity index is 643. The van der Waals surface area contributed by atoms with Gasteiger partial charge in [-0.3, -0.25) is 4.79 Å². The molecule has 1 aromatic rings. The molecule has 1 aromatic carbocycles. The van der Waals surface area contributed by atoms with Gasteiger partial charge in [0.05, 0.1) is 0 Å². The zero-order valence-corrected chi connectivity index (χ0v) is 15.6. The van der Waals surface area contributed by atoms with E-state index in [0.29, 0.717) is 6.42 Å². The zero-order chi connectivity index (χ0) is 18.0. The fourth-order valence-corrected chi connectivity index (χ4v) is 4.18. The first-order chi connectivity index (χ1) is 11.9. The fourth-order valence-electron chi connectivity index (χ4n) is 4.18. The number of benzene rings is 1. The van der Waals surface area contributed by atoms with Gasteiger partial charge in [-0.05, 0) is 56.6 Å². The van der Waals surface area contributed by atoms with Crippen LogP contribution in [-0.4, -0.2) is 47.9 Å². The van der Waals surface area contributed by atoms with E-state index in [1.165, 1.54) is 0 Å². The van der Waals surface area contributed by atoms with Crippen molar-refractivity contribution < 1.29 is 9.59 Å². The summed E-state index contributed by atoms with van der Waals surface area (Å²) in [5.74, 6) is 0.281. The van der Waals surface area contributed by atoms with E-state index in [-0.39, 0.29) is 17.4 Å². The molecule has 3 amide bonds. The van der Waals surface area contributed by atoms with Gasteiger partial charge in [0.15, 0.2) is 0 Å². The molecule has 0 unspecified atom stereocenters. The second-order valence-corrected chi connectivity index (χ2v) is 7.59. The molecule has 1 N–H and O–H groups in total. The summed E-state index contributed by atoms with van der Waals surface area (Å²) < 4.78 is 0. The molecule has 136 valence electrons. The maximum Gasteiger partial charge on any atom is 0.321 e. The number of amides is 3. The van der Waals surface area contributed by atoms with Crippen LogP contribution in [0.3, 0.4) is 0 Å². The summed E-state index contributed by atoms with van der Waals surface area (Å²) in [6.07, 6.45) is 3.59. The number of likely N-dealkylation sites (tertiary alicyclic amines) is 2. The number of hydrogen-bond acceptors (Lipinski definition) is 2. The van der Waals surface area contributed by atoms with Crippen molar-refractivity contribution in [2.75, 3.05) is 31.5 Å². The summed E-state index contributed by atoms with van der Waals surface area (Å²) in [5.41, 5.74) is 3.31. The Balaban J connectivity index is 1.60. The number of para-hydroxylation sites is 1. The minimum atomic E-state index is -0.00789. The third-order valence-electron chi connectivity index (χ3n) is 5.95. The van der Waals surface area contributed by atoms with Crippen molar-refractivity contribution >= 4 is 17.6 Å². The molecule has 0 aliphatic carbocycles. The number of urea groups is 1. The van der Waals surface area contributed by atoms with Gasteiger partial charge >= 0.3 is 6.03 Å². The quantitative estimate of drug-likeness (QED) is 0.893. The lowest BCUT2D eigenvalue weighted by Gasteiger charge is -2.47. The fraction of sp³-hybridized carbons (Fsp3) is 0.600. The second kappa shape index (κ2) is 7.06. The lowest BCUT2D eigenvalue weighted by atomic mass is 9.72. The van der Waals surface area contributed by atoms with E-state index in [1.54, 1.807) is 0 Å². The van der Waals surface area contributed by atoms with Crippen molar-refractivity contribution in [2.24, 2.45) is 5.41 Å². The van der Waals surface area contributed by atoms with Crippen molar-refractivity contribution in [3.8, 4) is 0 Å². The SMILES string of the molecule is CCN1CC2(CCC1=O)CCN(C(=O)Nc1c(C)cccc1C)CC2. The predicted octanol–water partition coefficient (Wildman–Crippen LogP) is 3.56. The molecule has 2 heterocycles. The van der Waals surface area contributed by atoms with Crippen molar-refractivity contribution in [3.63, 3.8) is 0 Å². The number of hydrogen-bond donors (Lipinski definition) is 1. The average Bonchev–Trinajstić information content (AvgIpc) is 2.61. The van der Waals surface area contributed by atoms with Crippen LogP contribution in [0.15, 0.2) is 18.2 Å². The van der Waals surface area contributed by atoms with Crippen LogP contribution in [0.5, 0.6) is 0 Å². The zero-order valence-electron chi connectivity index (χ0n) is 15.6. The van der Waals surface area contributed by atoms with Crippen LogP contribution in [0.2, 0.25) is 0 Å². The molecule has 0 radical (unpaired) electrons. The molecule has 5 nitrogen and oxygen atoms in total. The Kier molecular flexibility index (Phi) is 5.02. The monoisotopic (exact) mass is 343 g/mol. The summed E-state index contributed by atoms with van der Waals surface area (Å²) in [7, 11) is 0. The topological polar surface area (TPSA) is 52.7 Å². The van der Waals surface area contributed by atoms with E-state index in [0.717, 1.165) is 62.3 Å². The van der Waals surface area contributed by atoms with Crippen molar-refractivity contribution in [1.29, 1.82) is 0 Å². The van der Waals surface area contributed by atoms with Crippen LogP contribution >= 0.6 is 0 Å². The third-order valence-corrected chi connectivity index (χ3v) is 5.95. The highest BCUT2D eigenvalue weighted by Crippen LogP contribution is 2.40. The van der Waals surface area contributed by atoms with E-state index in [1.807, 2.05) is 48.8 Å². The normalized spacial score (nSPS) is 20.0. The summed E-state index contributed by atoms with van der Waals surface area (Å²) >= 11 is 0. The van der Waals surface area contributed by atoms with Crippen LogP contribution in [0.4, 0.5) is 10.5 Å². The van der Waals surface area contributed by atoms with Gasteiger partial charge in [-0.2, -0.15) is 0 Å². The number of carbonyl (C=O) groups excluding carboxylic acids is 2. The molecular weight excluding hydrogens is 314 g/mol.